The second-order valence-corrected chi connectivity index (χ2v) is 3.33. The highest BCUT2D eigenvalue weighted by Crippen LogP contribution is 2.35. The minimum atomic E-state index is -0.478. The first kappa shape index (κ1) is 11.1. The van der Waals surface area contributed by atoms with Crippen molar-refractivity contribution in [1.82, 2.24) is 4.98 Å². The van der Waals surface area contributed by atoms with Gasteiger partial charge >= 0.3 is 5.69 Å². The molecule has 0 spiro atoms. The third-order valence-corrected chi connectivity index (χ3v) is 2.34. The molecule has 0 amide bonds. The smallest absolute Gasteiger partial charge is 0.336 e. The van der Waals surface area contributed by atoms with Crippen LogP contribution >= 0.6 is 0 Å². The van der Waals surface area contributed by atoms with Gasteiger partial charge in [-0.25, -0.2) is 4.98 Å². The molecule has 1 heterocycles. The lowest BCUT2D eigenvalue weighted by atomic mass is 10.1. The number of hydrogen-bond acceptors (Lipinski definition) is 4. The molecule has 17 heavy (non-hydrogen) atoms. The van der Waals surface area contributed by atoms with E-state index in [-0.39, 0.29) is 11.4 Å². The Labute approximate surface area is 97.8 Å². The molecule has 0 unspecified atom stereocenters. The molecule has 0 aliphatic carbocycles. The molecular formula is C12H10N2O3. The van der Waals surface area contributed by atoms with E-state index in [0.29, 0.717) is 11.3 Å². The number of nitro groups is 1. The summed E-state index contributed by atoms with van der Waals surface area (Å²) in [6.07, 6.45) is 1.49. The Morgan fingerprint density at radius 2 is 1.94 bits per heavy atom. The Bertz CT molecular complexity index is 541. The van der Waals surface area contributed by atoms with E-state index in [0.717, 1.165) is 0 Å². The molecule has 0 saturated heterocycles. The number of nitrogens with zero attached hydrogens (tertiary/aromatic N) is 2. The zero-order chi connectivity index (χ0) is 12.3. The largest absolute Gasteiger partial charge is 0.490 e. The van der Waals surface area contributed by atoms with Crippen LogP contribution in [0.4, 0.5) is 5.69 Å². The Kier molecular flexibility index (Phi) is 3.00. The second kappa shape index (κ2) is 4.61. The maximum Gasteiger partial charge on any atom is 0.336 e. The summed E-state index contributed by atoms with van der Waals surface area (Å²) in [4.78, 5) is 14.6. The van der Waals surface area contributed by atoms with E-state index in [2.05, 4.69) is 4.98 Å². The first-order valence-electron chi connectivity index (χ1n) is 4.97. The first-order valence-corrected chi connectivity index (χ1v) is 4.97. The van der Waals surface area contributed by atoms with Crippen molar-refractivity contribution in [3.8, 4) is 17.0 Å². The SMILES string of the molecule is COc1ccnc(-c2ccccc2)c1[N+](=O)[O-]. The van der Waals surface area contributed by atoms with Crippen LogP contribution < -0.4 is 4.74 Å². The van der Waals surface area contributed by atoms with Crippen molar-refractivity contribution in [2.24, 2.45) is 0 Å². The van der Waals surface area contributed by atoms with Crippen LogP contribution in [0.2, 0.25) is 0 Å². The molecule has 1 aromatic carbocycles. The van der Waals surface area contributed by atoms with E-state index < -0.39 is 4.92 Å². The summed E-state index contributed by atoms with van der Waals surface area (Å²) in [6, 6.07) is 10.5. The molecule has 0 N–H and O–H groups in total. The Balaban J connectivity index is 2.66. The van der Waals surface area contributed by atoms with Gasteiger partial charge in [0, 0.05) is 17.8 Å². The summed E-state index contributed by atoms with van der Waals surface area (Å²) >= 11 is 0. The van der Waals surface area contributed by atoms with Gasteiger partial charge in [0.2, 0.25) is 5.75 Å². The van der Waals surface area contributed by atoms with Crippen LogP contribution in [0.1, 0.15) is 0 Å². The van der Waals surface area contributed by atoms with Gasteiger partial charge < -0.3 is 4.74 Å². The van der Waals surface area contributed by atoms with Crippen molar-refractivity contribution in [2.75, 3.05) is 7.11 Å². The molecule has 2 aromatic rings. The fourth-order valence-corrected chi connectivity index (χ4v) is 1.58. The van der Waals surface area contributed by atoms with Crippen molar-refractivity contribution in [3.63, 3.8) is 0 Å². The third kappa shape index (κ3) is 2.08. The molecule has 0 bridgehead atoms. The number of methoxy groups -OCH3 is 1. The average molecular weight is 230 g/mol. The van der Waals surface area contributed by atoms with Crippen LogP contribution in [-0.4, -0.2) is 17.0 Å². The number of rotatable bonds is 3. The monoisotopic (exact) mass is 230 g/mol. The predicted octanol–water partition coefficient (Wildman–Crippen LogP) is 2.67. The minimum Gasteiger partial charge on any atom is -0.490 e. The van der Waals surface area contributed by atoms with E-state index >= 15 is 0 Å². The van der Waals surface area contributed by atoms with Gasteiger partial charge in [0.05, 0.1) is 12.0 Å². The van der Waals surface area contributed by atoms with Crippen LogP contribution in [0.5, 0.6) is 5.75 Å². The molecular weight excluding hydrogens is 220 g/mol. The van der Waals surface area contributed by atoms with Crippen LogP contribution in [0.15, 0.2) is 42.6 Å². The quantitative estimate of drug-likeness (QED) is 0.600. The summed E-state index contributed by atoms with van der Waals surface area (Å²) in [7, 11) is 1.40. The van der Waals surface area contributed by atoms with E-state index in [4.69, 9.17) is 4.74 Å². The Morgan fingerprint density at radius 1 is 1.24 bits per heavy atom. The van der Waals surface area contributed by atoms with Gasteiger partial charge in [-0.2, -0.15) is 0 Å². The fourth-order valence-electron chi connectivity index (χ4n) is 1.58. The maximum atomic E-state index is 11.1. The molecule has 1 aromatic heterocycles. The molecule has 0 radical (unpaired) electrons. The van der Waals surface area contributed by atoms with Gasteiger partial charge in [-0.15, -0.1) is 0 Å². The van der Waals surface area contributed by atoms with Crippen molar-refractivity contribution in [2.45, 2.75) is 0 Å². The zero-order valence-electron chi connectivity index (χ0n) is 9.16. The van der Waals surface area contributed by atoms with Crippen molar-refractivity contribution in [3.05, 3.63) is 52.7 Å². The lowest BCUT2D eigenvalue weighted by molar-refractivity contribution is -0.385. The number of hydrogen-bond donors (Lipinski definition) is 0. The van der Waals surface area contributed by atoms with Crippen molar-refractivity contribution >= 4 is 5.69 Å². The van der Waals surface area contributed by atoms with Gasteiger partial charge in [-0.1, -0.05) is 30.3 Å². The Morgan fingerprint density at radius 3 is 2.53 bits per heavy atom. The van der Waals surface area contributed by atoms with Crippen LogP contribution in [0.3, 0.4) is 0 Å². The third-order valence-electron chi connectivity index (χ3n) is 2.34. The van der Waals surface area contributed by atoms with Gasteiger partial charge in [-0.05, 0) is 0 Å². The summed E-state index contributed by atoms with van der Waals surface area (Å²) in [6.45, 7) is 0. The topological polar surface area (TPSA) is 65.3 Å². The molecule has 5 nitrogen and oxygen atoms in total. The highest BCUT2D eigenvalue weighted by molar-refractivity contribution is 5.73. The molecule has 0 saturated carbocycles. The van der Waals surface area contributed by atoms with Crippen LogP contribution in [0.25, 0.3) is 11.3 Å². The number of ether oxygens (including phenoxy) is 1. The zero-order valence-corrected chi connectivity index (χ0v) is 9.16. The Hall–Kier alpha value is -2.43. The second-order valence-electron chi connectivity index (χ2n) is 3.33. The summed E-state index contributed by atoms with van der Waals surface area (Å²) < 4.78 is 4.99. The highest BCUT2D eigenvalue weighted by atomic mass is 16.6. The van der Waals surface area contributed by atoms with Crippen LogP contribution in [-0.2, 0) is 0 Å². The van der Waals surface area contributed by atoms with Gasteiger partial charge in [0.25, 0.3) is 0 Å². The highest BCUT2D eigenvalue weighted by Gasteiger charge is 2.22. The molecule has 0 atom stereocenters. The van der Waals surface area contributed by atoms with E-state index in [1.165, 1.54) is 19.4 Å². The minimum absolute atomic E-state index is 0.110. The van der Waals surface area contributed by atoms with Gasteiger partial charge in [0.15, 0.2) is 5.69 Å². The predicted molar refractivity (Wildman–Crippen MR) is 62.9 cm³/mol. The number of benzene rings is 1. The summed E-state index contributed by atoms with van der Waals surface area (Å²) in [5, 5.41) is 11.1. The van der Waals surface area contributed by atoms with Gasteiger partial charge in [-0.3, -0.25) is 10.1 Å². The standard InChI is InChI=1S/C12H10N2O3/c1-17-10-7-8-13-11(12(10)14(15)16)9-5-3-2-4-6-9/h2-8H,1H3. The summed E-state index contributed by atoms with van der Waals surface area (Å²) in [5.41, 5.74) is 0.897. The van der Waals surface area contributed by atoms with E-state index in [9.17, 15) is 10.1 Å². The lowest BCUT2D eigenvalue weighted by Crippen LogP contribution is -1.98. The lowest BCUT2D eigenvalue weighted by Gasteiger charge is -2.05. The molecule has 86 valence electrons. The molecule has 0 fully saturated rings. The fraction of sp³-hybridized carbons (Fsp3) is 0.0833. The first-order chi connectivity index (χ1) is 8.24. The van der Waals surface area contributed by atoms with Crippen LogP contribution in [0, 0.1) is 10.1 Å². The molecule has 0 aliphatic rings. The van der Waals surface area contributed by atoms with Gasteiger partial charge in [0.1, 0.15) is 0 Å². The van der Waals surface area contributed by atoms with Crippen molar-refractivity contribution < 1.29 is 9.66 Å². The van der Waals surface area contributed by atoms with E-state index in [1.807, 2.05) is 6.07 Å². The van der Waals surface area contributed by atoms with Crippen molar-refractivity contribution in [1.29, 1.82) is 0 Å². The molecule has 5 heteroatoms. The molecule has 2 rings (SSSR count). The average Bonchev–Trinajstić information content (AvgIpc) is 2.38. The normalized spacial score (nSPS) is 9.94. The van der Waals surface area contributed by atoms with E-state index in [1.54, 1.807) is 24.3 Å². The molecule has 0 aliphatic heterocycles. The number of pyridine rings is 1. The maximum absolute atomic E-state index is 11.1. The summed E-state index contributed by atoms with van der Waals surface area (Å²) in [5.74, 6) is 0.212. The number of aromatic nitrogens is 1.